The maximum Gasteiger partial charge on any atom is 0.333 e. The highest BCUT2D eigenvalue weighted by Crippen LogP contribution is 2.39. The average molecular weight is 474 g/mol. The standard InChI is InChI=1S/C22H27N5O5S/c1-31-19-9-13-4-2-3-5-16(13)20(19)26-21-17-6-7-27(22(17)25-12-24-21)15-8-14(18(28)10-15)11-32-33(23,29)30/h2-7,12,14-15,18-20,28H,8-11H2,1H3,(H2,23,29,30)(H,24,25,26)/t14-,15+,18-,19-,20?/m0/s1. The van der Waals surface area contributed by atoms with Gasteiger partial charge in [0.2, 0.25) is 0 Å². The Morgan fingerprint density at radius 1 is 1.24 bits per heavy atom. The first-order valence-electron chi connectivity index (χ1n) is 10.9. The summed E-state index contributed by atoms with van der Waals surface area (Å²) in [7, 11) is -2.32. The zero-order valence-corrected chi connectivity index (χ0v) is 19.0. The maximum atomic E-state index is 11.1. The van der Waals surface area contributed by atoms with E-state index < -0.39 is 16.4 Å². The fraction of sp³-hybridized carbons (Fsp3) is 0.455. The summed E-state index contributed by atoms with van der Waals surface area (Å²) in [6.45, 7) is -0.142. The number of ether oxygens (including phenoxy) is 1. The van der Waals surface area contributed by atoms with Crippen molar-refractivity contribution < 1.29 is 22.4 Å². The number of nitrogens with two attached hydrogens (primary N) is 1. The zero-order valence-electron chi connectivity index (χ0n) is 18.2. The Morgan fingerprint density at radius 3 is 2.85 bits per heavy atom. The van der Waals surface area contributed by atoms with E-state index in [2.05, 4.69) is 27.4 Å². The number of nitrogens with zero attached hydrogens (tertiary/aromatic N) is 3. The molecule has 0 bridgehead atoms. The van der Waals surface area contributed by atoms with Crippen molar-refractivity contribution in [1.29, 1.82) is 0 Å². The van der Waals surface area contributed by atoms with E-state index in [1.54, 1.807) is 7.11 Å². The highest BCUT2D eigenvalue weighted by Gasteiger charge is 2.36. The highest BCUT2D eigenvalue weighted by atomic mass is 32.2. The van der Waals surface area contributed by atoms with E-state index >= 15 is 0 Å². The topological polar surface area (TPSA) is 142 Å². The van der Waals surface area contributed by atoms with E-state index in [0.717, 1.165) is 23.3 Å². The molecule has 5 atom stereocenters. The van der Waals surface area contributed by atoms with Gasteiger partial charge in [0.15, 0.2) is 0 Å². The second-order valence-electron chi connectivity index (χ2n) is 8.71. The molecule has 4 N–H and O–H groups in total. The van der Waals surface area contributed by atoms with Gasteiger partial charge in [-0.2, -0.15) is 8.42 Å². The summed E-state index contributed by atoms with van der Waals surface area (Å²) in [5, 5.41) is 19.8. The molecule has 1 aromatic carbocycles. The van der Waals surface area contributed by atoms with Crippen molar-refractivity contribution in [3.8, 4) is 0 Å². The quantitative estimate of drug-likeness (QED) is 0.471. The van der Waals surface area contributed by atoms with Crippen molar-refractivity contribution in [2.24, 2.45) is 11.1 Å². The predicted octanol–water partition coefficient (Wildman–Crippen LogP) is 1.69. The van der Waals surface area contributed by atoms with Gasteiger partial charge in [0.05, 0.1) is 30.2 Å². The van der Waals surface area contributed by atoms with Crippen LogP contribution in [-0.4, -0.2) is 54.0 Å². The summed E-state index contributed by atoms with van der Waals surface area (Å²) in [5.74, 6) is 0.387. The van der Waals surface area contributed by atoms with Crippen LogP contribution in [0.1, 0.15) is 36.1 Å². The lowest BCUT2D eigenvalue weighted by Gasteiger charge is -2.22. The fourth-order valence-electron chi connectivity index (χ4n) is 5.14. The molecular weight excluding hydrogens is 446 g/mol. The molecule has 33 heavy (non-hydrogen) atoms. The molecule has 176 valence electrons. The average Bonchev–Trinajstić information content (AvgIpc) is 3.47. The van der Waals surface area contributed by atoms with Crippen molar-refractivity contribution in [1.82, 2.24) is 14.5 Å². The molecule has 1 unspecified atom stereocenters. The van der Waals surface area contributed by atoms with Gasteiger partial charge >= 0.3 is 10.3 Å². The minimum absolute atomic E-state index is 0.000868. The van der Waals surface area contributed by atoms with Crippen LogP contribution in [0, 0.1) is 5.92 Å². The molecule has 2 heterocycles. The van der Waals surface area contributed by atoms with Gasteiger partial charge in [-0.15, -0.1) is 0 Å². The first-order valence-corrected chi connectivity index (χ1v) is 12.3. The Morgan fingerprint density at radius 2 is 2.06 bits per heavy atom. The molecule has 0 aliphatic heterocycles. The van der Waals surface area contributed by atoms with Crippen molar-refractivity contribution in [3.63, 3.8) is 0 Å². The number of hydrogen-bond acceptors (Lipinski definition) is 8. The zero-order chi connectivity index (χ0) is 23.2. The van der Waals surface area contributed by atoms with Gasteiger partial charge in [-0.3, -0.25) is 4.18 Å². The Labute approximate surface area is 192 Å². The highest BCUT2D eigenvalue weighted by molar-refractivity contribution is 7.84. The minimum atomic E-state index is -4.04. The van der Waals surface area contributed by atoms with E-state index in [4.69, 9.17) is 14.1 Å². The van der Waals surface area contributed by atoms with Crippen LogP contribution >= 0.6 is 0 Å². The SMILES string of the molecule is CO[C@H]1Cc2ccccc2C1Nc1ncnc2c1ccn2[C@@H]1C[C@@H](COS(N)(=O)=O)[C@@H](O)C1. The fourth-order valence-corrected chi connectivity index (χ4v) is 5.50. The van der Waals surface area contributed by atoms with E-state index in [9.17, 15) is 13.5 Å². The van der Waals surface area contributed by atoms with Crippen LogP contribution in [0.4, 0.5) is 5.82 Å². The van der Waals surface area contributed by atoms with Gasteiger partial charge in [-0.25, -0.2) is 15.1 Å². The van der Waals surface area contributed by atoms with E-state index in [1.165, 1.54) is 17.5 Å². The van der Waals surface area contributed by atoms with Crippen molar-refractivity contribution in [2.45, 2.75) is 43.6 Å². The van der Waals surface area contributed by atoms with Crippen molar-refractivity contribution in [2.75, 3.05) is 19.0 Å². The lowest BCUT2D eigenvalue weighted by molar-refractivity contribution is 0.0959. The van der Waals surface area contributed by atoms with Gasteiger partial charge in [0.1, 0.15) is 17.8 Å². The Kier molecular flexibility index (Phi) is 5.83. The van der Waals surface area contributed by atoms with Crippen LogP contribution < -0.4 is 10.5 Å². The molecule has 3 aromatic rings. The van der Waals surface area contributed by atoms with Gasteiger partial charge < -0.3 is 19.7 Å². The molecular formula is C22H27N5O5S. The number of anilines is 1. The summed E-state index contributed by atoms with van der Waals surface area (Å²) >= 11 is 0. The summed E-state index contributed by atoms with van der Waals surface area (Å²) < 4.78 is 34.7. The summed E-state index contributed by atoms with van der Waals surface area (Å²) in [5.41, 5.74) is 3.21. The van der Waals surface area contributed by atoms with E-state index in [0.29, 0.717) is 12.8 Å². The maximum absolute atomic E-state index is 11.1. The van der Waals surface area contributed by atoms with Crippen LogP contribution in [0.25, 0.3) is 11.0 Å². The third-order valence-corrected chi connectivity index (χ3v) is 7.22. The number of hydrogen-bond donors (Lipinski definition) is 3. The summed E-state index contributed by atoms with van der Waals surface area (Å²) in [6, 6.07) is 10.2. The lowest BCUT2D eigenvalue weighted by Crippen LogP contribution is -2.24. The molecule has 1 fully saturated rings. The number of aliphatic hydroxyl groups is 1. The molecule has 2 aliphatic carbocycles. The molecule has 1 saturated carbocycles. The van der Waals surface area contributed by atoms with Gasteiger partial charge in [0.25, 0.3) is 0 Å². The molecule has 0 spiro atoms. The largest absolute Gasteiger partial charge is 0.393 e. The molecule has 2 aliphatic rings. The Bertz CT molecular complexity index is 1260. The first kappa shape index (κ1) is 22.2. The third-order valence-electron chi connectivity index (χ3n) is 6.76. The first-order chi connectivity index (χ1) is 15.8. The van der Waals surface area contributed by atoms with Crippen LogP contribution in [0.15, 0.2) is 42.9 Å². The number of fused-ring (bicyclic) bond motifs is 2. The molecule has 5 rings (SSSR count). The molecule has 2 aromatic heterocycles. The van der Waals surface area contributed by atoms with Crippen LogP contribution in [0.2, 0.25) is 0 Å². The summed E-state index contributed by atoms with van der Waals surface area (Å²) in [6.07, 6.45) is 4.62. The molecule has 0 saturated heterocycles. The monoisotopic (exact) mass is 473 g/mol. The number of methoxy groups -OCH3 is 1. The Hall–Kier alpha value is -2.57. The molecule has 10 nitrogen and oxygen atoms in total. The predicted molar refractivity (Wildman–Crippen MR) is 122 cm³/mol. The van der Waals surface area contributed by atoms with E-state index in [1.807, 2.05) is 29.0 Å². The van der Waals surface area contributed by atoms with Gasteiger partial charge in [-0.1, -0.05) is 24.3 Å². The molecule has 0 radical (unpaired) electrons. The second-order valence-corrected chi connectivity index (χ2v) is 9.93. The van der Waals surface area contributed by atoms with Gasteiger partial charge in [0, 0.05) is 31.7 Å². The molecule has 11 heteroatoms. The number of aliphatic hydroxyl groups excluding tert-OH is 1. The minimum Gasteiger partial charge on any atom is -0.393 e. The third kappa shape index (κ3) is 4.34. The molecule has 0 amide bonds. The van der Waals surface area contributed by atoms with Crippen LogP contribution in [0.5, 0.6) is 0 Å². The van der Waals surface area contributed by atoms with Crippen molar-refractivity contribution >= 4 is 27.2 Å². The number of benzene rings is 1. The lowest BCUT2D eigenvalue weighted by atomic mass is 10.1. The Balaban J connectivity index is 1.39. The van der Waals surface area contributed by atoms with Crippen LogP contribution in [0.3, 0.4) is 0 Å². The number of aromatic nitrogens is 3. The van der Waals surface area contributed by atoms with Crippen molar-refractivity contribution in [3.05, 3.63) is 54.0 Å². The normalized spacial score (nSPS) is 27.2. The smallest absolute Gasteiger partial charge is 0.333 e. The van der Waals surface area contributed by atoms with E-state index in [-0.39, 0.29) is 30.7 Å². The van der Waals surface area contributed by atoms with Crippen LogP contribution in [-0.2, 0) is 25.6 Å². The second kappa shape index (κ2) is 8.65. The summed E-state index contributed by atoms with van der Waals surface area (Å²) in [4.78, 5) is 8.99. The number of rotatable bonds is 7. The number of nitrogens with one attached hydrogen (secondary N) is 1. The van der Waals surface area contributed by atoms with Gasteiger partial charge in [-0.05, 0) is 30.0 Å².